The van der Waals surface area contributed by atoms with Gasteiger partial charge in [-0.15, -0.1) is 22.7 Å². The summed E-state index contributed by atoms with van der Waals surface area (Å²) < 4.78 is 0. The minimum absolute atomic E-state index is 0.243. The summed E-state index contributed by atoms with van der Waals surface area (Å²) in [6.45, 7) is 0. The van der Waals surface area contributed by atoms with Crippen LogP contribution in [0.3, 0.4) is 0 Å². The Morgan fingerprint density at radius 1 is 0.586 bits per heavy atom. The Morgan fingerprint density at radius 3 is 1.59 bits per heavy atom. The van der Waals surface area contributed by atoms with Gasteiger partial charge in [-0.05, 0) is 46.5 Å². The number of nitrogens with one attached hydrogen (secondary N) is 2. The van der Waals surface area contributed by atoms with Crippen molar-refractivity contribution < 1.29 is 0 Å². The van der Waals surface area contributed by atoms with E-state index < -0.39 is 0 Å². The number of aromatic amines is 2. The second-order valence-corrected chi connectivity index (χ2v) is 16.8. The summed E-state index contributed by atoms with van der Waals surface area (Å²) in [6.07, 6.45) is 12.6. The Kier molecular flexibility index (Phi) is 9.97. The van der Waals surface area contributed by atoms with Gasteiger partial charge in [0.1, 0.15) is 22.1 Å². The molecule has 10 rings (SSSR count). The van der Waals surface area contributed by atoms with Crippen LogP contribution < -0.4 is 9.80 Å². The van der Waals surface area contributed by atoms with E-state index in [1.165, 1.54) is 33.6 Å². The summed E-state index contributed by atoms with van der Waals surface area (Å²) in [7, 11) is 8.33. The number of allylic oxidation sites excluding steroid dienone is 2. The number of hydrogen-bond donors (Lipinski definition) is 2. The minimum Gasteiger partial charge on any atom is -0.378 e. The molecule has 4 heterocycles. The highest BCUT2D eigenvalue weighted by Gasteiger charge is 2.38. The van der Waals surface area contributed by atoms with E-state index in [-0.39, 0.29) is 10.8 Å². The Morgan fingerprint density at radius 2 is 1.10 bits per heavy atom. The van der Waals surface area contributed by atoms with Crippen molar-refractivity contribution in [1.29, 1.82) is 0 Å². The number of aromatic nitrogens is 6. The summed E-state index contributed by atoms with van der Waals surface area (Å²) in [5.74, 6) is 0. The fourth-order valence-electron chi connectivity index (χ4n) is 8.28. The molecule has 2 unspecified atom stereocenters. The lowest BCUT2D eigenvalue weighted by molar-refractivity contribution is 0.620. The van der Waals surface area contributed by atoms with Crippen LogP contribution in [0.5, 0.6) is 0 Å². The van der Waals surface area contributed by atoms with Gasteiger partial charge in [0.05, 0.1) is 5.51 Å². The fourth-order valence-corrected chi connectivity index (χ4v) is 9.45. The smallest absolute Gasteiger partial charge is 0.144 e. The lowest BCUT2D eigenvalue weighted by Crippen LogP contribution is -2.30. The second kappa shape index (κ2) is 15.5. The van der Waals surface area contributed by atoms with Crippen molar-refractivity contribution in [2.45, 2.75) is 23.7 Å². The van der Waals surface area contributed by atoms with Crippen LogP contribution in [-0.2, 0) is 23.7 Å². The van der Waals surface area contributed by atoms with Gasteiger partial charge < -0.3 is 9.80 Å². The fraction of sp³-hybridized carbons (Fsp3) is 0.167. The number of hydrogen-bond acceptors (Lipinski definition) is 8. The largest absolute Gasteiger partial charge is 0.378 e. The summed E-state index contributed by atoms with van der Waals surface area (Å²) in [5.41, 5.74) is 16.3. The van der Waals surface area contributed by atoms with Gasteiger partial charge in [-0.3, -0.25) is 10.2 Å². The standard InChI is InChI=1S/2C24H22N4S/c1-28(2)19-10-6-9-18(13-19)24(17-7-4-3-5-8-17)12-11-20-21(14-24)26-27-23(20)22-15-29-16-25-22;1-28(2)19-10-6-9-18(15-19)24(17-7-4-3-5-8-17)12-11-20-21(16-24)26-27-22(20)23-25-13-14-29-23/h3-13,15-16H,14H2,1-2H3,(H,26,27);3-15H,16H2,1-2H3,(H,26,27). The zero-order chi connectivity index (χ0) is 39.7. The molecule has 58 heavy (non-hydrogen) atoms. The van der Waals surface area contributed by atoms with Crippen molar-refractivity contribution in [2.75, 3.05) is 38.0 Å². The first-order chi connectivity index (χ1) is 28.3. The first-order valence-electron chi connectivity index (χ1n) is 19.3. The molecule has 4 aromatic carbocycles. The molecule has 0 saturated carbocycles. The highest BCUT2D eigenvalue weighted by molar-refractivity contribution is 7.13. The van der Waals surface area contributed by atoms with Crippen LogP contribution >= 0.6 is 22.7 Å². The number of H-pyrrole nitrogens is 2. The SMILES string of the molecule is CN(C)c1cccc(C2(c3ccccc3)C=Cc3c(-c4cscn4)n[nH]c3C2)c1.CN(C)c1cccc(C2(c3ccccc3)C=Cc3c(-c4nccs4)n[nH]c3C2)c1. The minimum atomic E-state index is -0.244. The molecular formula is C48H44N8S2. The normalized spacial score (nSPS) is 17.9. The molecule has 2 aliphatic carbocycles. The molecule has 4 aromatic heterocycles. The van der Waals surface area contributed by atoms with Crippen LogP contribution in [0.15, 0.2) is 144 Å². The van der Waals surface area contributed by atoms with Gasteiger partial charge in [0.15, 0.2) is 0 Å². The van der Waals surface area contributed by atoms with Gasteiger partial charge in [-0.2, -0.15) is 10.2 Å². The number of rotatable bonds is 8. The molecule has 2 N–H and O–H groups in total. The van der Waals surface area contributed by atoms with Gasteiger partial charge in [0, 0.05) is 103 Å². The van der Waals surface area contributed by atoms with Gasteiger partial charge in [0.2, 0.25) is 0 Å². The molecule has 0 aliphatic heterocycles. The van der Waals surface area contributed by atoms with E-state index in [4.69, 9.17) is 0 Å². The number of nitrogens with zero attached hydrogens (tertiary/aromatic N) is 6. The van der Waals surface area contributed by atoms with Crippen LogP contribution in [-0.4, -0.2) is 58.6 Å². The van der Waals surface area contributed by atoms with Gasteiger partial charge in [-0.1, -0.05) is 109 Å². The maximum atomic E-state index is 4.60. The average molecular weight is 797 g/mol. The summed E-state index contributed by atoms with van der Waals surface area (Å²) in [4.78, 5) is 13.2. The van der Waals surface area contributed by atoms with E-state index in [9.17, 15) is 0 Å². The van der Waals surface area contributed by atoms with E-state index in [0.717, 1.165) is 57.4 Å². The molecule has 0 bridgehead atoms. The summed E-state index contributed by atoms with van der Waals surface area (Å²) in [5, 5.41) is 20.8. The molecule has 0 fully saturated rings. The highest BCUT2D eigenvalue weighted by atomic mass is 32.1. The van der Waals surface area contributed by atoms with Crippen LogP contribution in [0.4, 0.5) is 11.4 Å². The van der Waals surface area contributed by atoms with Crippen molar-refractivity contribution in [3.63, 3.8) is 0 Å². The van der Waals surface area contributed by atoms with Gasteiger partial charge in [-0.25, -0.2) is 9.97 Å². The first kappa shape index (κ1) is 37.2. The monoisotopic (exact) mass is 796 g/mol. The number of fused-ring (bicyclic) bond motifs is 2. The topological polar surface area (TPSA) is 89.6 Å². The number of benzene rings is 4. The molecule has 0 saturated heterocycles. The van der Waals surface area contributed by atoms with Crippen molar-refractivity contribution in [2.24, 2.45) is 0 Å². The molecule has 0 spiro atoms. The van der Waals surface area contributed by atoms with Crippen molar-refractivity contribution >= 4 is 46.2 Å². The van der Waals surface area contributed by atoms with Gasteiger partial charge >= 0.3 is 0 Å². The number of anilines is 2. The molecule has 2 aliphatic rings. The van der Waals surface area contributed by atoms with E-state index in [1.54, 1.807) is 22.7 Å². The quantitative estimate of drug-likeness (QED) is 0.159. The number of thiazole rings is 2. The average Bonchev–Trinajstić information content (AvgIpc) is 4.12. The maximum absolute atomic E-state index is 4.60. The molecule has 10 heteroatoms. The lowest BCUT2D eigenvalue weighted by Gasteiger charge is -2.35. The Balaban J connectivity index is 0.000000150. The van der Waals surface area contributed by atoms with E-state index >= 15 is 0 Å². The molecule has 0 radical (unpaired) electrons. The third-order valence-corrected chi connectivity index (χ3v) is 12.8. The van der Waals surface area contributed by atoms with Crippen molar-refractivity contribution in [3.8, 4) is 22.1 Å². The summed E-state index contributed by atoms with van der Waals surface area (Å²) >= 11 is 3.21. The lowest BCUT2D eigenvalue weighted by atomic mass is 9.68. The predicted molar refractivity (Wildman–Crippen MR) is 241 cm³/mol. The van der Waals surface area contributed by atoms with Crippen LogP contribution in [0.2, 0.25) is 0 Å². The predicted octanol–water partition coefficient (Wildman–Crippen LogP) is 10.3. The third kappa shape index (κ3) is 6.78. The van der Waals surface area contributed by atoms with Crippen LogP contribution in [0, 0.1) is 0 Å². The molecule has 0 amide bonds. The Hall–Kier alpha value is -6.36. The maximum Gasteiger partial charge on any atom is 0.144 e. The molecular weight excluding hydrogens is 753 g/mol. The second-order valence-electron chi connectivity index (χ2n) is 15.2. The van der Waals surface area contributed by atoms with Crippen molar-refractivity contribution in [1.82, 2.24) is 30.4 Å². The Bertz CT molecular complexity index is 2510. The first-order valence-corrected chi connectivity index (χ1v) is 21.1. The van der Waals surface area contributed by atoms with E-state index in [1.807, 2.05) is 22.5 Å². The zero-order valence-corrected chi connectivity index (χ0v) is 34.6. The molecule has 8 aromatic rings. The Labute approximate surface area is 347 Å². The third-order valence-electron chi connectivity index (χ3n) is 11.4. The van der Waals surface area contributed by atoms with Crippen LogP contribution in [0.25, 0.3) is 34.2 Å². The highest BCUT2D eigenvalue weighted by Crippen LogP contribution is 2.45. The molecule has 8 nitrogen and oxygen atoms in total. The molecule has 288 valence electrons. The van der Waals surface area contributed by atoms with E-state index in [0.29, 0.717) is 0 Å². The van der Waals surface area contributed by atoms with E-state index in [2.05, 4.69) is 202 Å². The van der Waals surface area contributed by atoms with Crippen molar-refractivity contribution in [3.05, 3.63) is 189 Å². The molecule has 2 atom stereocenters. The summed E-state index contributed by atoms with van der Waals surface area (Å²) in [6, 6.07) is 39.1. The van der Waals surface area contributed by atoms with Crippen LogP contribution in [0.1, 0.15) is 44.8 Å². The zero-order valence-electron chi connectivity index (χ0n) is 32.9. The van der Waals surface area contributed by atoms with Gasteiger partial charge in [0.25, 0.3) is 0 Å².